The molecular formula is C46H81NO18. The zero-order valence-electron chi connectivity index (χ0n) is 38.2. The molecular weight excluding hydrogens is 854 g/mol. The van der Waals surface area contributed by atoms with E-state index in [4.69, 9.17) is 28.4 Å². The molecule has 0 spiro atoms. The van der Waals surface area contributed by atoms with Crippen molar-refractivity contribution in [3.63, 3.8) is 0 Å². The quantitative estimate of drug-likeness (QED) is 0.0328. The SMILES string of the molecule is CCC/C=C\C/C=C\CCCCCCCC(=O)NC(COC1OC(CO)C(OC2OC(CO)C(OC3OC(CO)C(O)C(O)C3O)C(O)C2O)C(O)C1O)C(O)/C=C/CCCCCCC. The molecule has 0 aromatic carbocycles. The lowest BCUT2D eigenvalue weighted by atomic mass is 9.96. The Bertz CT molecular complexity index is 1350. The fourth-order valence-corrected chi connectivity index (χ4v) is 7.87. The topological polar surface area (TPSA) is 307 Å². The van der Waals surface area contributed by atoms with Crippen molar-refractivity contribution in [1.29, 1.82) is 0 Å². The van der Waals surface area contributed by atoms with Gasteiger partial charge in [-0.1, -0.05) is 102 Å². The minimum absolute atomic E-state index is 0.225. The maximum absolute atomic E-state index is 13.1. The van der Waals surface area contributed by atoms with Crippen LogP contribution in [0.2, 0.25) is 0 Å². The second-order valence-electron chi connectivity index (χ2n) is 17.2. The first-order valence-electron chi connectivity index (χ1n) is 23.7. The standard InChI is InChI=1S/C46H81NO18/c1-3-5-7-9-11-12-13-14-15-16-18-20-22-24-34(52)47-29(30(51)23-21-19-17-10-8-6-4-2)28-60-44-40(58)37(55)42(32(26-49)62-44)65-46-41(59)38(56)43(33(27-50)63-46)64-45-39(57)36(54)35(53)31(25-48)61-45/h7,9,12-13,21,23,29-33,35-46,48-51,53-59H,3-6,8,10-11,14-20,22,24-28H2,1-2H3,(H,47,52)/b9-7-,13-12-,23-21+. The highest BCUT2D eigenvalue weighted by molar-refractivity contribution is 5.76. The lowest BCUT2D eigenvalue weighted by Gasteiger charge is -2.48. The molecule has 12 N–H and O–H groups in total. The summed E-state index contributed by atoms with van der Waals surface area (Å²) in [5.74, 6) is -0.299. The van der Waals surface area contributed by atoms with Gasteiger partial charge >= 0.3 is 0 Å². The highest BCUT2D eigenvalue weighted by atomic mass is 16.8. The van der Waals surface area contributed by atoms with Gasteiger partial charge in [0.05, 0.1) is 38.6 Å². The van der Waals surface area contributed by atoms with Gasteiger partial charge in [-0.05, 0) is 44.9 Å². The third-order valence-electron chi connectivity index (χ3n) is 11.9. The van der Waals surface area contributed by atoms with Crippen LogP contribution in [0.3, 0.4) is 0 Å². The molecule has 17 unspecified atom stereocenters. The van der Waals surface area contributed by atoms with E-state index in [0.29, 0.717) is 6.42 Å². The van der Waals surface area contributed by atoms with E-state index >= 15 is 0 Å². The van der Waals surface area contributed by atoms with Crippen molar-refractivity contribution in [2.45, 2.75) is 221 Å². The van der Waals surface area contributed by atoms with Crippen molar-refractivity contribution in [3.8, 4) is 0 Å². The van der Waals surface area contributed by atoms with Crippen molar-refractivity contribution in [2.75, 3.05) is 26.4 Å². The molecule has 378 valence electrons. The minimum atomic E-state index is -1.98. The minimum Gasteiger partial charge on any atom is -0.394 e. The first-order chi connectivity index (χ1) is 31.3. The van der Waals surface area contributed by atoms with Crippen LogP contribution in [0.5, 0.6) is 0 Å². The molecule has 19 nitrogen and oxygen atoms in total. The Morgan fingerprint density at radius 3 is 1.63 bits per heavy atom. The fraction of sp³-hybridized carbons (Fsp3) is 0.848. The van der Waals surface area contributed by atoms with E-state index < -0.39 is 124 Å². The van der Waals surface area contributed by atoms with Gasteiger partial charge in [0, 0.05) is 6.42 Å². The van der Waals surface area contributed by atoms with Gasteiger partial charge in [-0.3, -0.25) is 4.79 Å². The van der Waals surface area contributed by atoms with Crippen LogP contribution in [0, 0.1) is 0 Å². The number of rotatable bonds is 31. The summed E-state index contributed by atoms with van der Waals surface area (Å²) in [5, 5.41) is 119. The van der Waals surface area contributed by atoms with Crippen LogP contribution in [0.4, 0.5) is 0 Å². The number of allylic oxidation sites excluding steroid dienone is 5. The van der Waals surface area contributed by atoms with Crippen LogP contribution in [-0.2, 0) is 33.2 Å². The van der Waals surface area contributed by atoms with E-state index in [1.54, 1.807) is 6.08 Å². The third kappa shape index (κ3) is 18.8. The van der Waals surface area contributed by atoms with Crippen LogP contribution in [0.15, 0.2) is 36.5 Å². The number of unbranched alkanes of at least 4 members (excludes halogenated alkanes) is 11. The average Bonchev–Trinajstić information content (AvgIpc) is 3.30. The van der Waals surface area contributed by atoms with Crippen LogP contribution < -0.4 is 5.32 Å². The Morgan fingerprint density at radius 1 is 0.554 bits per heavy atom. The third-order valence-corrected chi connectivity index (χ3v) is 11.9. The summed E-state index contributed by atoms with van der Waals surface area (Å²) in [4.78, 5) is 13.1. The molecule has 0 radical (unpaired) electrons. The number of hydrogen-bond donors (Lipinski definition) is 12. The van der Waals surface area contributed by atoms with Gasteiger partial charge in [0.1, 0.15) is 73.2 Å². The number of ether oxygens (including phenoxy) is 6. The molecule has 17 atom stereocenters. The Hall–Kier alpha value is -1.99. The molecule has 3 aliphatic rings. The molecule has 0 aromatic rings. The molecule has 0 aliphatic carbocycles. The zero-order valence-corrected chi connectivity index (χ0v) is 38.2. The molecule has 19 heteroatoms. The molecule has 3 heterocycles. The molecule has 3 saturated heterocycles. The molecule has 0 bridgehead atoms. The number of carbonyl (C=O) groups excluding carboxylic acids is 1. The van der Waals surface area contributed by atoms with E-state index in [1.165, 1.54) is 0 Å². The first-order valence-corrected chi connectivity index (χ1v) is 23.7. The van der Waals surface area contributed by atoms with Crippen LogP contribution >= 0.6 is 0 Å². The Kier molecular flexibility index (Phi) is 28.2. The zero-order chi connectivity index (χ0) is 47.7. The second-order valence-corrected chi connectivity index (χ2v) is 17.2. The summed E-state index contributed by atoms with van der Waals surface area (Å²) < 4.78 is 33.9. The van der Waals surface area contributed by atoms with Gasteiger partial charge in [-0.2, -0.15) is 0 Å². The number of nitrogens with one attached hydrogen (secondary N) is 1. The van der Waals surface area contributed by atoms with Gasteiger partial charge in [0.15, 0.2) is 18.9 Å². The molecule has 65 heavy (non-hydrogen) atoms. The maximum Gasteiger partial charge on any atom is 0.220 e. The predicted molar refractivity (Wildman–Crippen MR) is 236 cm³/mol. The van der Waals surface area contributed by atoms with Gasteiger partial charge in [0.25, 0.3) is 0 Å². The van der Waals surface area contributed by atoms with E-state index in [0.717, 1.165) is 89.9 Å². The molecule has 0 saturated carbocycles. The van der Waals surface area contributed by atoms with Crippen LogP contribution in [0.1, 0.15) is 117 Å². The Morgan fingerprint density at radius 2 is 1.05 bits per heavy atom. The largest absolute Gasteiger partial charge is 0.394 e. The number of carbonyl (C=O) groups is 1. The van der Waals surface area contributed by atoms with Crippen molar-refractivity contribution in [1.82, 2.24) is 5.32 Å². The second kappa shape index (κ2) is 31.9. The number of aliphatic hydroxyl groups excluding tert-OH is 11. The maximum atomic E-state index is 13.1. The van der Waals surface area contributed by atoms with E-state index in [9.17, 15) is 61.0 Å². The van der Waals surface area contributed by atoms with Gasteiger partial charge in [-0.15, -0.1) is 0 Å². The van der Waals surface area contributed by atoms with E-state index in [2.05, 4.69) is 43.5 Å². The molecule has 3 rings (SSSR count). The molecule has 3 fully saturated rings. The number of hydrogen-bond acceptors (Lipinski definition) is 18. The highest BCUT2D eigenvalue weighted by Gasteiger charge is 2.53. The lowest BCUT2D eigenvalue weighted by Crippen LogP contribution is -2.66. The number of aliphatic hydroxyl groups is 11. The fourth-order valence-electron chi connectivity index (χ4n) is 7.87. The summed E-state index contributed by atoms with van der Waals surface area (Å²) in [6.07, 6.45) is 0.534. The van der Waals surface area contributed by atoms with Crippen molar-refractivity contribution >= 4 is 5.91 Å². The molecule has 0 aromatic heterocycles. The van der Waals surface area contributed by atoms with Crippen LogP contribution in [0.25, 0.3) is 0 Å². The highest BCUT2D eigenvalue weighted by Crippen LogP contribution is 2.33. The van der Waals surface area contributed by atoms with Crippen molar-refractivity contribution in [3.05, 3.63) is 36.5 Å². The monoisotopic (exact) mass is 936 g/mol. The first kappa shape index (κ1) is 57.3. The molecule has 3 aliphatic heterocycles. The van der Waals surface area contributed by atoms with Crippen molar-refractivity contribution in [2.24, 2.45) is 0 Å². The van der Waals surface area contributed by atoms with Crippen LogP contribution in [-0.4, -0.2) is 193 Å². The predicted octanol–water partition coefficient (Wildman–Crippen LogP) is 0.247. The lowest BCUT2D eigenvalue weighted by molar-refractivity contribution is -0.379. The summed E-state index contributed by atoms with van der Waals surface area (Å²) in [7, 11) is 0. The van der Waals surface area contributed by atoms with Crippen molar-refractivity contribution < 1.29 is 89.4 Å². The smallest absolute Gasteiger partial charge is 0.220 e. The number of amides is 1. The van der Waals surface area contributed by atoms with Gasteiger partial charge in [-0.25, -0.2) is 0 Å². The summed E-state index contributed by atoms with van der Waals surface area (Å²) in [5.41, 5.74) is 0. The molecule has 1 amide bonds. The summed E-state index contributed by atoms with van der Waals surface area (Å²) >= 11 is 0. The normalized spacial score (nSPS) is 34.4. The Labute approximate surface area is 383 Å². The summed E-state index contributed by atoms with van der Waals surface area (Å²) in [6, 6.07) is -0.974. The van der Waals surface area contributed by atoms with E-state index in [-0.39, 0.29) is 18.9 Å². The summed E-state index contributed by atoms with van der Waals surface area (Å²) in [6.45, 7) is 1.51. The Balaban J connectivity index is 1.58. The van der Waals surface area contributed by atoms with E-state index in [1.807, 2.05) is 6.08 Å². The van der Waals surface area contributed by atoms with Gasteiger partial charge < -0.3 is 89.9 Å². The average molecular weight is 936 g/mol. The van der Waals surface area contributed by atoms with Gasteiger partial charge in [0.2, 0.25) is 5.91 Å².